The molecule has 0 aliphatic carbocycles. The van der Waals surface area contributed by atoms with Crippen LogP contribution in [0.1, 0.15) is 55.7 Å². The van der Waals surface area contributed by atoms with Gasteiger partial charge in [-0.25, -0.2) is 14.2 Å². The van der Waals surface area contributed by atoms with Crippen molar-refractivity contribution < 1.29 is 23.8 Å². The second-order valence-corrected chi connectivity index (χ2v) is 12.2. The molecule has 6 rings (SSSR count). The summed E-state index contributed by atoms with van der Waals surface area (Å²) in [5, 5.41) is 11.2. The average Bonchev–Trinajstić information content (AvgIpc) is 3.33. The highest BCUT2D eigenvalue weighted by Gasteiger charge is 2.34. The predicted molar refractivity (Wildman–Crippen MR) is 167 cm³/mol. The fourth-order valence-corrected chi connectivity index (χ4v) is 6.11. The zero-order valence-corrected chi connectivity index (χ0v) is 25.7. The van der Waals surface area contributed by atoms with Gasteiger partial charge in [-0.2, -0.15) is 0 Å². The first-order valence-electron chi connectivity index (χ1n) is 14.7. The summed E-state index contributed by atoms with van der Waals surface area (Å²) in [4.78, 5) is 26.6. The summed E-state index contributed by atoms with van der Waals surface area (Å²) in [6, 6.07) is 11.2. The van der Waals surface area contributed by atoms with Gasteiger partial charge in [0.2, 0.25) is 0 Å². The number of ether oxygens (including phenoxy) is 2. The quantitative estimate of drug-likeness (QED) is 0.219. The molecule has 1 N–H and O–H groups in total. The van der Waals surface area contributed by atoms with Gasteiger partial charge in [0.1, 0.15) is 5.65 Å². The Hall–Kier alpha value is -4.63. The Labute approximate surface area is 255 Å². The lowest BCUT2D eigenvalue weighted by Crippen LogP contribution is -2.28. The molecule has 0 saturated heterocycles. The average molecular weight is 595 g/mol. The van der Waals surface area contributed by atoms with Crippen molar-refractivity contribution in [2.75, 3.05) is 6.61 Å². The van der Waals surface area contributed by atoms with Crippen LogP contribution in [0.5, 0.6) is 5.75 Å². The molecule has 0 fully saturated rings. The SMILES string of the molecule is Cc1nc2c(cc(-c3ccnc(-c4cccnc4)c3)n2C)c(-c2cc(F)c3c(c2C)CCCO3)c1[C@H](OC(C)(C)C)C(=O)O. The zero-order chi connectivity index (χ0) is 31.3. The first kappa shape index (κ1) is 29.4. The third kappa shape index (κ3) is 5.21. The van der Waals surface area contributed by atoms with Gasteiger partial charge >= 0.3 is 5.97 Å². The molecule has 5 heterocycles. The number of fused-ring (bicyclic) bond motifs is 2. The normalized spacial score (nSPS) is 13.9. The van der Waals surface area contributed by atoms with Gasteiger partial charge in [-0.05, 0) is 95.0 Å². The Kier molecular flexibility index (Phi) is 7.45. The van der Waals surface area contributed by atoms with E-state index in [0.717, 1.165) is 40.1 Å². The molecule has 0 radical (unpaired) electrons. The van der Waals surface area contributed by atoms with Crippen LogP contribution in [0.4, 0.5) is 4.39 Å². The summed E-state index contributed by atoms with van der Waals surface area (Å²) in [7, 11) is 1.92. The lowest BCUT2D eigenvalue weighted by atomic mass is 9.86. The Bertz CT molecular complexity index is 1910. The minimum Gasteiger partial charge on any atom is -0.490 e. The molecule has 9 heteroatoms. The maximum Gasteiger partial charge on any atom is 0.337 e. The van der Waals surface area contributed by atoms with Gasteiger partial charge in [-0.3, -0.25) is 9.97 Å². The van der Waals surface area contributed by atoms with Crippen LogP contribution < -0.4 is 4.74 Å². The van der Waals surface area contributed by atoms with Crippen molar-refractivity contribution in [1.29, 1.82) is 0 Å². The highest BCUT2D eigenvalue weighted by molar-refractivity contribution is 6.01. The molecule has 0 amide bonds. The molecule has 1 aromatic carbocycles. The number of aliphatic carboxylic acids is 1. The summed E-state index contributed by atoms with van der Waals surface area (Å²) in [6.45, 7) is 9.63. The maximum absolute atomic E-state index is 15.7. The lowest BCUT2D eigenvalue weighted by Gasteiger charge is -2.29. The Morgan fingerprint density at radius 2 is 1.93 bits per heavy atom. The third-order valence-electron chi connectivity index (χ3n) is 8.08. The molecule has 1 aliphatic rings. The van der Waals surface area contributed by atoms with Crippen molar-refractivity contribution >= 4 is 17.0 Å². The van der Waals surface area contributed by atoms with Crippen molar-refractivity contribution in [3.05, 3.63) is 83.2 Å². The van der Waals surface area contributed by atoms with Gasteiger partial charge in [0.15, 0.2) is 17.7 Å². The number of hydrogen-bond acceptors (Lipinski definition) is 6. The molecular weight excluding hydrogens is 559 g/mol. The summed E-state index contributed by atoms with van der Waals surface area (Å²) >= 11 is 0. The van der Waals surface area contributed by atoms with Crippen molar-refractivity contribution in [2.45, 2.75) is 59.2 Å². The number of rotatable bonds is 6. The second kappa shape index (κ2) is 11.1. The van der Waals surface area contributed by atoms with Gasteiger partial charge in [0, 0.05) is 64.5 Å². The van der Waals surface area contributed by atoms with Gasteiger partial charge < -0.3 is 19.1 Å². The molecule has 8 nitrogen and oxygen atoms in total. The van der Waals surface area contributed by atoms with Gasteiger partial charge in [0.05, 0.1) is 23.6 Å². The first-order valence-corrected chi connectivity index (χ1v) is 14.7. The van der Waals surface area contributed by atoms with Crippen LogP contribution in [0.3, 0.4) is 0 Å². The number of pyridine rings is 3. The largest absolute Gasteiger partial charge is 0.490 e. The van der Waals surface area contributed by atoms with E-state index in [0.29, 0.717) is 46.4 Å². The van der Waals surface area contributed by atoms with E-state index in [1.165, 1.54) is 6.07 Å². The zero-order valence-electron chi connectivity index (χ0n) is 25.7. The molecular formula is C35H35FN4O4. The van der Waals surface area contributed by atoms with E-state index < -0.39 is 23.5 Å². The molecule has 1 aliphatic heterocycles. The number of carboxylic acids is 1. The molecule has 5 aromatic rings. The second-order valence-electron chi connectivity index (χ2n) is 12.2. The lowest BCUT2D eigenvalue weighted by molar-refractivity contribution is -0.160. The number of carboxylic acid groups (broad SMARTS) is 1. The molecule has 1 atom stereocenters. The molecule has 0 unspecified atom stereocenters. The van der Waals surface area contributed by atoms with E-state index in [9.17, 15) is 9.90 Å². The highest BCUT2D eigenvalue weighted by atomic mass is 19.1. The maximum atomic E-state index is 15.7. The Morgan fingerprint density at radius 3 is 2.64 bits per heavy atom. The van der Waals surface area contributed by atoms with Crippen LogP contribution in [-0.4, -0.2) is 42.8 Å². The smallest absolute Gasteiger partial charge is 0.337 e. The molecule has 0 spiro atoms. The van der Waals surface area contributed by atoms with E-state index >= 15 is 4.39 Å². The van der Waals surface area contributed by atoms with E-state index in [-0.39, 0.29) is 5.75 Å². The fourth-order valence-electron chi connectivity index (χ4n) is 6.11. The highest BCUT2D eigenvalue weighted by Crippen LogP contribution is 2.45. The minimum absolute atomic E-state index is 0.273. The molecule has 4 aromatic heterocycles. The number of aryl methyl sites for hydroxylation is 2. The van der Waals surface area contributed by atoms with Crippen LogP contribution in [0, 0.1) is 19.7 Å². The van der Waals surface area contributed by atoms with Crippen molar-refractivity contribution in [3.8, 4) is 39.4 Å². The molecule has 226 valence electrons. The van der Waals surface area contributed by atoms with Crippen LogP contribution in [0.25, 0.3) is 44.7 Å². The number of carbonyl (C=O) groups is 1. The van der Waals surface area contributed by atoms with Crippen LogP contribution in [0.15, 0.2) is 55.0 Å². The summed E-state index contributed by atoms with van der Waals surface area (Å²) in [6.07, 6.45) is 5.34. The number of aromatic nitrogens is 4. The van der Waals surface area contributed by atoms with E-state index in [1.807, 2.05) is 69.6 Å². The molecule has 44 heavy (non-hydrogen) atoms. The Balaban J connectivity index is 1.67. The van der Waals surface area contributed by atoms with Gasteiger partial charge in [-0.15, -0.1) is 0 Å². The van der Waals surface area contributed by atoms with Gasteiger partial charge in [0.25, 0.3) is 0 Å². The summed E-state index contributed by atoms with van der Waals surface area (Å²) < 4.78 is 29.6. The fraction of sp³-hybridized carbons (Fsp3) is 0.314. The van der Waals surface area contributed by atoms with Crippen LogP contribution in [0.2, 0.25) is 0 Å². The van der Waals surface area contributed by atoms with Gasteiger partial charge in [-0.1, -0.05) is 0 Å². The van der Waals surface area contributed by atoms with E-state index in [2.05, 4.69) is 9.97 Å². The number of hydrogen-bond donors (Lipinski definition) is 1. The minimum atomic E-state index is -1.33. The number of nitrogens with zero attached hydrogens (tertiary/aromatic N) is 4. The topological polar surface area (TPSA) is 99.4 Å². The van der Waals surface area contributed by atoms with Crippen LogP contribution >= 0.6 is 0 Å². The van der Waals surface area contributed by atoms with E-state index in [4.69, 9.17) is 14.5 Å². The van der Waals surface area contributed by atoms with Crippen molar-refractivity contribution in [2.24, 2.45) is 7.05 Å². The van der Waals surface area contributed by atoms with Crippen molar-refractivity contribution in [1.82, 2.24) is 19.5 Å². The summed E-state index contributed by atoms with van der Waals surface area (Å²) in [5.41, 5.74) is 7.02. The van der Waals surface area contributed by atoms with E-state index in [1.54, 1.807) is 25.5 Å². The number of benzene rings is 1. The monoisotopic (exact) mass is 594 g/mol. The molecule has 0 saturated carbocycles. The predicted octanol–water partition coefficient (Wildman–Crippen LogP) is 7.39. The first-order chi connectivity index (χ1) is 20.9. The molecule has 0 bridgehead atoms. The number of halogens is 1. The standard InChI is InChI=1S/C35H35FN4O4/c1-19-23-10-8-14-43-31(23)26(36)16-24(19)30-25-17-28(21-11-13-38-27(15-21)22-9-7-12-37-18-22)40(6)33(25)39-20(2)29(30)32(34(41)42)44-35(3,4)5/h7,9,11-13,15-18,32H,8,10,14H2,1-6H3,(H,41,42)/t32-/m0/s1. The van der Waals surface area contributed by atoms with Crippen LogP contribution in [-0.2, 0) is 23.0 Å². The van der Waals surface area contributed by atoms with Crippen molar-refractivity contribution in [3.63, 3.8) is 0 Å². The Morgan fingerprint density at radius 1 is 1.14 bits per heavy atom. The third-order valence-corrected chi connectivity index (χ3v) is 8.08. The summed E-state index contributed by atoms with van der Waals surface area (Å²) in [5.74, 6) is -1.34.